The van der Waals surface area contributed by atoms with Crippen molar-refractivity contribution in [3.05, 3.63) is 65.2 Å². The SMILES string of the molecule is C[C@@H](Oc1ccc(Cl)cc1)C(=O)CC(=O)c1ccccc1. The molecule has 0 unspecified atom stereocenters. The topological polar surface area (TPSA) is 43.4 Å². The normalized spacial score (nSPS) is 11.7. The highest BCUT2D eigenvalue weighted by Gasteiger charge is 2.19. The van der Waals surface area contributed by atoms with Crippen LogP contribution >= 0.6 is 11.6 Å². The molecule has 0 heterocycles. The summed E-state index contributed by atoms with van der Waals surface area (Å²) in [6.07, 6.45) is -0.850. The minimum Gasteiger partial charge on any atom is -0.483 e. The fourth-order valence-corrected chi connectivity index (χ4v) is 1.94. The summed E-state index contributed by atoms with van der Waals surface area (Å²) in [6.45, 7) is 1.63. The molecule has 0 saturated heterocycles. The maximum absolute atomic E-state index is 12.0. The molecule has 2 aromatic carbocycles. The molecule has 0 bridgehead atoms. The molecule has 0 amide bonds. The molecule has 0 saturated carbocycles. The van der Waals surface area contributed by atoms with Gasteiger partial charge < -0.3 is 4.74 Å². The number of Topliss-reactive ketones (excluding diaryl/α,β-unsaturated/α-hetero) is 2. The minimum absolute atomic E-state index is 0.168. The Kier molecular flexibility index (Phi) is 5.12. The van der Waals surface area contributed by atoms with E-state index in [1.54, 1.807) is 55.5 Å². The van der Waals surface area contributed by atoms with Crippen LogP contribution in [0.4, 0.5) is 0 Å². The maximum Gasteiger partial charge on any atom is 0.180 e. The molecule has 4 heteroatoms. The maximum atomic E-state index is 12.0. The molecule has 108 valence electrons. The number of hydrogen-bond acceptors (Lipinski definition) is 3. The molecule has 21 heavy (non-hydrogen) atoms. The molecular formula is C17H15ClO3. The van der Waals surface area contributed by atoms with Gasteiger partial charge in [-0.3, -0.25) is 9.59 Å². The number of hydrogen-bond donors (Lipinski definition) is 0. The summed E-state index contributed by atoms with van der Waals surface area (Å²) < 4.78 is 5.51. The van der Waals surface area contributed by atoms with Gasteiger partial charge in [0.2, 0.25) is 0 Å². The van der Waals surface area contributed by atoms with E-state index in [4.69, 9.17) is 16.3 Å². The molecule has 0 spiro atoms. The summed E-state index contributed by atoms with van der Waals surface area (Å²) in [6, 6.07) is 15.5. The zero-order valence-corrected chi connectivity index (χ0v) is 12.3. The smallest absolute Gasteiger partial charge is 0.180 e. The van der Waals surface area contributed by atoms with E-state index in [2.05, 4.69) is 0 Å². The first-order chi connectivity index (χ1) is 10.1. The van der Waals surface area contributed by atoms with Gasteiger partial charge in [0.15, 0.2) is 17.7 Å². The molecule has 0 aromatic heterocycles. The molecule has 0 fully saturated rings. The van der Waals surface area contributed by atoms with Gasteiger partial charge in [0.1, 0.15) is 5.75 Å². The van der Waals surface area contributed by atoms with Crippen molar-refractivity contribution in [1.29, 1.82) is 0 Å². The first kappa shape index (κ1) is 15.3. The van der Waals surface area contributed by atoms with Crippen molar-refractivity contribution in [2.75, 3.05) is 0 Å². The van der Waals surface area contributed by atoms with Gasteiger partial charge in [0.25, 0.3) is 0 Å². The van der Waals surface area contributed by atoms with E-state index in [0.717, 1.165) is 0 Å². The molecule has 0 radical (unpaired) electrons. The van der Waals surface area contributed by atoms with Crippen LogP contribution < -0.4 is 4.74 Å². The monoisotopic (exact) mass is 302 g/mol. The Morgan fingerprint density at radius 3 is 2.29 bits per heavy atom. The molecule has 1 atom stereocenters. The minimum atomic E-state index is -0.682. The van der Waals surface area contributed by atoms with E-state index in [9.17, 15) is 9.59 Å². The van der Waals surface area contributed by atoms with Crippen molar-refractivity contribution in [1.82, 2.24) is 0 Å². The standard InChI is InChI=1S/C17H15ClO3/c1-12(21-15-9-7-14(18)8-10-15)16(19)11-17(20)13-5-3-2-4-6-13/h2-10,12H,11H2,1H3/t12-/m1/s1. The van der Waals surface area contributed by atoms with Crippen molar-refractivity contribution < 1.29 is 14.3 Å². The lowest BCUT2D eigenvalue weighted by molar-refractivity contribution is -0.124. The molecule has 0 aliphatic carbocycles. The van der Waals surface area contributed by atoms with E-state index >= 15 is 0 Å². The first-order valence-corrected chi connectivity index (χ1v) is 6.97. The summed E-state index contributed by atoms with van der Waals surface area (Å²) in [5.74, 6) is 0.0957. The van der Waals surface area contributed by atoms with E-state index in [0.29, 0.717) is 16.3 Å². The van der Waals surface area contributed by atoms with Gasteiger partial charge in [-0.25, -0.2) is 0 Å². The zero-order chi connectivity index (χ0) is 15.2. The molecule has 0 N–H and O–H groups in total. The number of ketones is 2. The number of carbonyl (C=O) groups is 2. The van der Waals surface area contributed by atoms with Gasteiger partial charge in [-0.1, -0.05) is 41.9 Å². The van der Waals surface area contributed by atoms with Gasteiger partial charge in [-0.2, -0.15) is 0 Å². The second-order valence-corrected chi connectivity index (χ2v) is 5.08. The van der Waals surface area contributed by atoms with Crippen LogP contribution in [0.2, 0.25) is 5.02 Å². The summed E-state index contributed by atoms with van der Waals surface area (Å²) >= 11 is 5.78. The Morgan fingerprint density at radius 2 is 1.67 bits per heavy atom. The van der Waals surface area contributed by atoms with Crippen molar-refractivity contribution in [3.63, 3.8) is 0 Å². The first-order valence-electron chi connectivity index (χ1n) is 6.59. The quantitative estimate of drug-likeness (QED) is 0.599. The summed E-state index contributed by atoms with van der Waals surface area (Å²) in [5.41, 5.74) is 0.532. The Bertz CT molecular complexity index is 620. The van der Waals surface area contributed by atoms with Gasteiger partial charge in [-0.15, -0.1) is 0 Å². The van der Waals surface area contributed by atoms with Crippen LogP contribution in [0.15, 0.2) is 54.6 Å². The molecule has 3 nitrogen and oxygen atoms in total. The highest BCUT2D eigenvalue weighted by Crippen LogP contribution is 2.17. The van der Waals surface area contributed by atoms with Crippen LogP contribution in [-0.4, -0.2) is 17.7 Å². The Morgan fingerprint density at radius 1 is 1.05 bits per heavy atom. The lowest BCUT2D eigenvalue weighted by Gasteiger charge is -2.13. The lowest BCUT2D eigenvalue weighted by Crippen LogP contribution is -2.26. The Balaban J connectivity index is 1.93. The fourth-order valence-electron chi connectivity index (χ4n) is 1.81. The van der Waals surface area contributed by atoms with Crippen LogP contribution in [0.5, 0.6) is 5.75 Å². The van der Waals surface area contributed by atoms with Crippen molar-refractivity contribution in [2.24, 2.45) is 0 Å². The second-order valence-electron chi connectivity index (χ2n) is 4.65. The number of ether oxygens (including phenoxy) is 1. The second kappa shape index (κ2) is 7.04. The molecule has 0 aliphatic rings. The van der Waals surface area contributed by atoms with Crippen molar-refractivity contribution in [2.45, 2.75) is 19.4 Å². The average Bonchev–Trinajstić information content (AvgIpc) is 2.50. The van der Waals surface area contributed by atoms with Crippen LogP contribution in [0.3, 0.4) is 0 Å². The largest absolute Gasteiger partial charge is 0.483 e. The molecule has 2 rings (SSSR count). The zero-order valence-electron chi connectivity index (χ0n) is 11.6. The van der Waals surface area contributed by atoms with E-state index < -0.39 is 6.10 Å². The van der Waals surface area contributed by atoms with Gasteiger partial charge in [0.05, 0.1) is 6.42 Å². The highest BCUT2D eigenvalue weighted by atomic mass is 35.5. The van der Waals surface area contributed by atoms with Gasteiger partial charge >= 0.3 is 0 Å². The third kappa shape index (κ3) is 4.43. The van der Waals surface area contributed by atoms with E-state index in [1.165, 1.54) is 0 Å². The van der Waals surface area contributed by atoms with Crippen LogP contribution in [-0.2, 0) is 4.79 Å². The van der Waals surface area contributed by atoms with Crippen LogP contribution in [0.1, 0.15) is 23.7 Å². The average molecular weight is 303 g/mol. The Labute approximate surface area is 128 Å². The number of benzene rings is 2. The third-order valence-electron chi connectivity index (χ3n) is 3.01. The number of carbonyl (C=O) groups excluding carboxylic acids is 2. The number of halogens is 1. The fraction of sp³-hybridized carbons (Fsp3) is 0.176. The summed E-state index contributed by atoms with van der Waals surface area (Å²) in [4.78, 5) is 24.0. The molecule has 0 aliphatic heterocycles. The highest BCUT2D eigenvalue weighted by molar-refractivity contribution is 6.30. The summed E-state index contributed by atoms with van der Waals surface area (Å²) in [5, 5.41) is 0.598. The Hall–Kier alpha value is -2.13. The predicted octanol–water partition coefficient (Wildman–Crippen LogP) is 3.95. The van der Waals surface area contributed by atoms with E-state index in [1.807, 2.05) is 6.07 Å². The van der Waals surface area contributed by atoms with Crippen LogP contribution in [0, 0.1) is 0 Å². The summed E-state index contributed by atoms with van der Waals surface area (Å²) in [7, 11) is 0. The van der Waals surface area contributed by atoms with Crippen LogP contribution in [0.25, 0.3) is 0 Å². The molecular weight excluding hydrogens is 288 g/mol. The van der Waals surface area contributed by atoms with Crippen molar-refractivity contribution >= 4 is 23.2 Å². The van der Waals surface area contributed by atoms with E-state index in [-0.39, 0.29) is 18.0 Å². The van der Waals surface area contributed by atoms with Gasteiger partial charge in [0, 0.05) is 10.6 Å². The lowest BCUT2D eigenvalue weighted by atomic mass is 10.0. The van der Waals surface area contributed by atoms with Crippen molar-refractivity contribution in [3.8, 4) is 5.75 Å². The third-order valence-corrected chi connectivity index (χ3v) is 3.26. The predicted molar refractivity (Wildman–Crippen MR) is 81.9 cm³/mol. The molecule has 2 aromatic rings. The van der Waals surface area contributed by atoms with Gasteiger partial charge in [-0.05, 0) is 31.2 Å². The number of rotatable bonds is 6.